The van der Waals surface area contributed by atoms with Gasteiger partial charge in [0.1, 0.15) is 0 Å². The summed E-state index contributed by atoms with van der Waals surface area (Å²) in [4.78, 5) is 4.55. The lowest BCUT2D eigenvalue weighted by molar-refractivity contribution is 0.181. The van der Waals surface area contributed by atoms with Crippen LogP contribution in [0.4, 0.5) is 0 Å². The van der Waals surface area contributed by atoms with Crippen molar-refractivity contribution in [2.24, 2.45) is 4.99 Å². The Balaban J connectivity index is 0.00000420. The second-order valence-electron chi connectivity index (χ2n) is 7.77. The average Bonchev–Trinajstić information content (AvgIpc) is 2.69. The summed E-state index contributed by atoms with van der Waals surface area (Å²) in [6.07, 6.45) is -0.618. The van der Waals surface area contributed by atoms with Crippen molar-refractivity contribution in [1.29, 1.82) is 5.26 Å². The Morgan fingerprint density at radius 1 is 1.07 bits per heavy atom. The summed E-state index contributed by atoms with van der Waals surface area (Å²) in [5.74, 6) is 0.650. The number of nitriles is 1. The highest BCUT2D eigenvalue weighted by atomic mass is 127. The topological polar surface area (TPSA) is 80.4 Å². The Bertz CT molecular complexity index is 818. The third-order valence-corrected chi connectivity index (χ3v) is 4.47. The largest absolute Gasteiger partial charge is 0.387 e. The molecule has 29 heavy (non-hydrogen) atoms. The first-order valence-corrected chi connectivity index (χ1v) is 9.63. The van der Waals surface area contributed by atoms with Gasteiger partial charge in [0, 0.05) is 13.1 Å². The lowest BCUT2D eigenvalue weighted by Gasteiger charge is -2.20. The summed E-state index contributed by atoms with van der Waals surface area (Å²) < 4.78 is 0. The van der Waals surface area contributed by atoms with Crippen molar-refractivity contribution in [1.82, 2.24) is 10.6 Å². The van der Waals surface area contributed by atoms with Gasteiger partial charge in [-0.25, -0.2) is 4.99 Å². The SMILES string of the molecule is CCNC(=NCc1ccc(C#N)cc1)NCC(O)c1ccc(C(C)(C)C)cc1.I. The Kier molecular flexibility index (Phi) is 10.1. The molecule has 2 rings (SSSR count). The zero-order chi connectivity index (χ0) is 20.6. The van der Waals surface area contributed by atoms with Crippen LogP contribution in [-0.4, -0.2) is 24.2 Å². The minimum Gasteiger partial charge on any atom is -0.387 e. The van der Waals surface area contributed by atoms with Crippen LogP contribution in [0.15, 0.2) is 53.5 Å². The quantitative estimate of drug-likeness (QED) is 0.311. The zero-order valence-electron chi connectivity index (χ0n) is 17.6. The first-order chi connectivity index (χ1) is 13.3. The molecule has 0 fully saturated rings. The Hall–Kier alpha value is -2.11. The van der Waals surface area contributed by atoms with E-state index in [1.807, 2.05) is 31.2 Å². The van der Waals surface area contributed by atoms with E-state index in [9.17, 15) is 5.11 Å². The molecule has 0 bridgehead atoms. The number of guanidine groups is 1. The lowest BCUT2D eigenvalue weighted by atomic mass is 9.86. The molecule has 0 spiro atoms. The molecule has 0 aliphatic carbocycles. The molecule has 1 unspecified atom stereocenters. The monoisotopic (exact) mass is 506 g/mol. The van der Waals surface area contributed by atoms with Crippen LogP contribution >= 0.6 is 24.0 Å². The molecule has 5 nitrogen and oxygen atoms in total. The Labute approximate surface area is 191 Å². The predicted molar refractivity (Wildman–Crippen MR) is 129 cm³/mol. The van der Waals surface area contributed by atoms with Crippen molar-refractivity contribution in [3.8, 4) is 6.07 Å². The van der Waals surface area contributed by atoms with Gasteiger partial charge in [0.05, 0.1) is 24.3 Å². The zero-order valence-corrected chi connectivity index (χ0v) is 19.9. The minimum absolute atomic E-state index is 0. The molecule has 2 aromatic rings. The Morgan fingerprint density at radius 3 is 2.21 bits per heavy atom. The van der Waals surface area contributed by atoms with Gasteiger partial charge in [0.25, 0.3) is 0 Å². The second-order valence-corrected chi connectivity index (χ2v) is 7.77. The van der Waals surface area contributed by atoms with Crippen molar-refractivity contribution in [2.75, 3.05) is 13.1 Å². The molecule has 0 aliphatic heterocycles. The van der Waals surface area contributed by atoms with Gasteiger partial charge < -0.3 is 15.7 Å². The first kappa shape index (κ1) is 24.9. The van der Waals surface area contributed by atoms with Crippen LogP contribution in [0.1, 0.15) is 56.1 Å². The number of aliphatic imine (C=N–C) groups is 1. The summed E-state index contributed by atoms with van der Waals surface area (Å²) >= 11 is 0. The van der Waals surface area contributed by atoms with Gasteiger partial charge in [0.15, 0.2) is 5.96 Å². The van der Waals surface area contributed by atoms with Gasteiger partial charge in [-0.15, -0.1) is 24.0 Å². The van der Waals surface area contributed by atoms with Crippen molar-refractivity contribution in [3.05, 3.63) is 70.8 Å². The third-order valence-electron chi connectivity index (χ3n) is 4.47. The summed E-state index contributed by atoms with van der Waals surface area (Å²) in [5, 5.41) is 25.7. The summed E-state index contributed by atoms with van der Waals surface area (Å²) in [7, 11) is 0. The van der Waals surface area contributed by atoms with Crippen LogP contribution in [0.3, 0.4) is 0 Å². The van der Waals surface area contributed by atoms with Crippen LogP contribution in [-0.2, 0) is 12.0 Å². The van der Waals surface area contributed by atoms with E-state index < -0.39 is 6.10 Å². The molecule has 0 saturated heterocycles. The highest BCUT2D eigenvalue weighted by Gasteiger charge is 2.14. The molecule has 156 valence electrons. The number of aliphatic hydroxyl groups excluding tert-OH is 1. The smallest absolute Gasteiger partial charge is 0.191 e. The fourth-order valence-electron chi connectivity index (χ4n) is 2.71. The van der Waals surface area contributed by atoms with Gasteiger partial charge in [0.2, 0.25) is 0 Å². The molecule has 0 radical (unpaired) electrons. The number of nitrogens with zero attached hydrogens (tertiary/aromatic N) is 2. The molecule has 2 aromatic carbocycles. The molecule has 1 atom stereocenters. The molecule has 0 amide bonds. The molecular formula is C23H31IN4O. The van der Waals surface area contributed by atoms with E-state index >= 15 is 0 Å². The Morgan fingerprint density at radius 2 is 1.69 bits per heavy atom. The van der Waals surface area contributed by atoms with Gasteiger partial charge in [-0.05, 0) is 41.2 Å². The van der Waals surface area contributed by atoms with Crippen LogP contribution < -0.4 is 10.6 Å². The van der Waals surface area contributed by atoms with Crippen molar-refractivity contribution >= 4 is 29.9 Å². The highest BCUT2D eigenvalue weighted by Crippen LogP contribution is 2.23. The lowest BCUT2D eigenvalue weighted by Crippen LogP contribution is -2.39. The third kappa shape index (κ3) is 8.03. The van der Waals surface area contributed by atoms with E-state index in [0.29, 0.717) is 24.6 Å². The number of nitrogens with one attached hydrogen (secondary N) is 2. The van der Waals surface area contributed by atoms with E-state index in [4.69, 9.17) is 5.26 Å². The molecular weight excluding hydrogens is 475 g/mol. The van der Waals surface area contributed by atoms with Crippen molar-refractivity contribution in [2.45, 2.75) is 45.8 Å². The molecule has 0 saturated carbocycles. The molecule has 0 aliphatic rings. The van der Waals surface area contributed by atoms with Gasteiger partial charge in [-0.3, -0.25) is 0 Å². The van der Waals surface area contributed by atoms with Crippen LogP contribution in [0.25, 0.3) is 0 Å². The first-order valence-electron chi connectivity index (χ1n) is 9.63. The molecule has 6 heteroatoms. The predicted octanol–water partition coefficient (Wildman–Crippen LogP) is 4.26. The standard InChI is InChI=1S/C23H30N4O.HI/c1-5-25-22(26-15-18-8-6-17(14-24)7-9-18)27-16-21(28)19-10-12-20(13-11-19)23(2,3)4;/h6-13,21,28H,5,15-16H2,1-4H3,(H2,25,26,27);1H. The summed E-state index contributed by atoms with van der Waals surface area (Å²) in [5.41, 5.74) is 3.88. The van der Waals surface area contributed by atoms with Crippen molar-refractivity contribution in [3.63, 3.8) is 0 Å². The van der Waals surface area contributed by atoms with Gasteiger partial charge in [-0.1, -0.05) is 57.2 Å². The fraction of sp³-hybridized carbons (Fsp3) is 0.391. The van der Waals surface area contributed by atoms with E-state index in [1.54, 1.807) is 12.1 Å². The number of rotatable bonds is 6. The van der Waals surface area contributed by atoms with Crippen molar-refractivity contribution < 1.29 is 5.11 Å². The van der Waals surface area contributed by atoms with Gasteiger partial charge in [-0.2, -0.15) is 5.26 Å². The van der Waals surface area contributed by atoms with Crippen LogP contribution in [0, 0.1) is 11.3 Å². The maximum atomic E-state index is 10.5. The van der Waals surface area contributed by atoms with Crippen LogP contribution in [0.5, 0.6) is 0 Å². The number of benzene rings is 2. The molecule has 3 N–H and O–H groups in total. The number of hydrogen-bond donors (Lipinski definition) is 3. The minimum atomic E-state index is -0.618. The summed E-state index contributed by atoms with van der Waals surface area (Å²) in [6, 6.07) is 17.6. The number of halogens is 1. The molecule has 0 aromatic heterocycles. The maximum absolute atomic E-state index is 10.5. The highest BCUT2D eigenvalue weighted by molar-refractivity contribution is 14.0. The second kappa shape index (κ2) is 11.8. The van der Waals surface area contributed by atoms with E-state index in [-0.39, 0.29) is 29.4 Å². The maximum Gasteiger partial charge on any atom is 0.191 e. The number of hydrogen-bond acceptors (Lipinski definition) is 3. The fourth-order valence-corrected chi connectivity index (χ4v) is 2.71. The van der Waals surface area contributed by atoms with E-state index in [2.05, 4.69) is 54.6 Å². The number of aliphatic hydroxyl groups is 1. The normalized spacial score (nSPS) is 12.5. The van der Waals surface area contributed by atoms with E-state index in [1.165, 1.54) is 5.56 Å². The van der Waals surface area contributed by atoms with Gasteiger partial charge >= 0.3 is 0 Å². The van der Waals surface area contributed by atoms with E-state index in [0.717, 1.165) is 17.7 Å². The molecule has 0 heterocycles. The van der Waals surface area contributed by atoms with Crippen LogP contribution in [0.2, 0.25) is 0 Å². The summed E-state index contributed by atoms with van der Waals surface area (Å²) in [6.45, 7) is 10.1. The average molecular weight is 506 g/mol.